The number of rotatable bonds is 6. The summed E-state index contributed by atoms with van der Waals surface area (Å²) in [5, 5.41) is 0. The standard InChI is InChI=1S/C12H20N2/c1-2-6-12(14-13)10-9-11-7-4-3-5-8-11/h3-5,7-8,12,14H,2,6,9-10,13H2,1H3. The molecule has 0 aliphatic carbocycles. The molecular weight excluding hydrogens is 172 g/mol. The maximum Gasteiger partial charge on any atom is 0.0213 e. The van der Waals surface area contributed by atoms with Crippen LogP contribution >= 0.6 is 0 Å². The molecule has 78 valence electrons. The third-order valence-corrected chi connectivity index (χ3v) is 2.50. The molecular formula is C12H20N2. The Morgan fingerprint density at radius 3 is 2.50 bits per heavy atom. The molecule has 1 aromatic rings. The van der Waals surface area contributed by atoms with E-state index < -0.39 is 0 Å². The normalized spacial score (nSPS) is 12.7. The summed E-state index contributed by atoms with van der Waals surface area (Å²) in [7, 11) is 0. The molecule has 2 heteroatoms. The summed E-state index contributed by atoms with van der Waals surface area (Å²) in [6.07, 6.45) is 4.57. The van der Waals surface area contributed by atoms with Crippen LogP contribution in [0.2, 0.25) is 0 Å². The summed E-state index contributed by atoms with van der Waals surface area (Å²) in [6.45, 7) is 2.19. The van der Waals surface area contributed by atoms with Crippen molar-refractivity contribution in [3.05, 3.63) is 35.9 Å². The van der Waals surface area contributed by atoms with E-state index in [1.165, 1.54) is 12.0 Å². The summed E-state index contributed by atoms with van der Waals surface area (Å²) >= 11 is 0. The van der Waals surface area contributed by atoms with Gasteiger partial charge in [0, 0.05) is 6.04 Å². The van der Waals surface area contributed by atoms with Crippen molar-refractivity contribution in [2.75, 3.05) is 0 Å². The van der Waals surface area contributed by atoms with Gasteiger partial charge in [-0.25, -0.2) is 0 Å². The van der Waals surface area contributed by atoms with Crippen LogP contribution in [0.4, 0.5) is 0 Å². The molecule has 0 aliphatic heterocycles. The van der Waals surface area contributed by atoms with Gasteiger partial charge in [0.1, 0.15) is 0 Å². The quantitative estimate of drug-likeness (QED) is 0.536. The molecule has 0 spiro atoms. The first kappa shape index (κ1) is 11.2. The Bertz CT molecular complexity index is 233. The average molecular weight is 192 g/mol. The number of hydrogen-bond donors (Lipinski definition) is 2. The van der Waals surface area contributed by atoms with E-state index in [0.717, 1.165) is 19.3 Å². The number of hydrogen-bond acceptors (Lipinski definition) is 2. The van der Waals surface area contributed by atoms with E-state index in [1.807, 2.05) is 6.07 Å². The van der Waals surface area contributed by atoms with E-state index >= 15 is 0 Å². The van der Waals surface area contributed by atoms with Crippen LogP contribution in [-0.4, -0.2) is 6.04 Å². The highest BCUT2D eigenvalue weighted by Crippen LogP contribution is 2.07. The number of nitrogens with one attached hydrogen (secondary N) is 1. The van der Waals surface area contributed by atoms with Crippen molar-refractivity contribution in [3.8, 4) is 0 Å². The van der Waals surface area contributed by atoms with E-state index in [0.29, 0.717) is 6.04 Å². The Labute approximate surface area is 86.5 Å². The van der Waals surface area contributed by atoms with Crippen molar-refractivity contribution < 1.29 is 0 Å². The van der Waals surface area contributed by atoms with Gasteiger partial charge in [0.15, 0.2) is 0 Å². The summed E-state index contributed by atoms with van der Waals surface area (Å²) in [4.78, 5) is 0. The molecule has 14 heavy (non-hydrogen) atoms. The van der Waals surface area contributed by atoms with Gasteiger partial charge in [0.2, 0.25) is 0 Å². The van der Waals surface area contributed by atoms with Gasteiger partial charge in [-0.2, -0.15) is 0 Å². The van der Waals surface area contributed by atoms with Gasteiger partial charge in [0.25, 0.3) is 0 Å². The highest BCUT2D eigenvalue weighted by Gasteiger charge is 2.04. The average Bonchev–Trinajstić information content (AvgIpc) is 2.25. The molecule has 1 atom stereocenters. The summed E-state index contributed by atoms with van der Waals surface area (Å²) in [5.41, 5.74) is 4.27. The van der Waals surface area contributed by atoms with Gasteiger partial charge in [-0.1, -0.05) is 43.7 Å². The van der Waals surface area contributed by atoms with Crippen LogP contribution < -0.4 is 11.3 Å². The number of nitrogens with two attached hydrogens (primary N) is 1. The van der Waals surface area contributed by atoms with Crippen LogP contribution in [0.3, 0.4) is 0 Å². The number of hydrazine groups is 1. The van der Waals surface area contributed by atoms with Crippen LogP contribution in [0.25, 0.3) is 0 Å². The third kappa shape index (κ3) is 3.90. The fraction of sp³-hybridized carbons (Fsp3) is 0.500. The Morgan fingerprint density at radius 1 is 1.21 bits per heavy atom. The first-order chi connectivity index (χ1) is 6.86. The molecule has 0 heterocycles. The lowest BCUT2D eigenvalue weighted by Gasteiger charge is -2.14. The molecule has 0 fully saturated rings. The number of aryl methyl sites for hydroxylation is 1. The molecule has 0 bridgehead atoms. The van der Waals surface area contributed by atoms with Crippen LogP contribution in [0.1, 0.15) is 31.7 Å². The van der Waals surface area contributed by atoms with Crippen LogP contribution in [0.15, 0.2) is 30.3 Å². The van der Waals surface area contributed by atoms with Crippen molar-refractivity contribution in [2.24, 2.45) is 5.84 Å². The third-order valence-electron chi connectivity index (χ3n) is 2.50. The molecule has 3 N–H and O–H groups in total. The lowest BCUT2D eigenvalue weighted by atomic mass is 10.0. The summed E-state index contributed by atoms with van der Waals surface area (Å²) in [5.74, 6) is 5.47. The van der Waals surface area contributed by atoms with E-state index in [4.69, 9.17) is 5.84 Å². The summed E-state index contributed by atoms with van der Waals surface area (Å²) < 4.78 is 0. The molecule has 0 radical (unpaired) electrons. The van der Waals surface area contributed by atoms with Crippen molar-refractivity contribution in [1.29, 1.82) is 0 Å². The minimum Gasteiger partial charge on any atom is -0.271 e. The highest BCUT2D eigenvalue weighted by atomic mass is 15.2. The molecule has 1 rings (SSSR count). The fourth-order valence-corrected chi connectivity index (χ4v) is 1.65. The lowest BCUT2D eigenvalue weighted by molar-refractivity contribution is 0.459. The van der Waals surface area contributed by atoms with Crippen molar-refractivity contribution in [3.63, 3.8) is 0 Å². The van der Waals surface area contributed by atoms with E-state index in [9.17, 15) is 0 Å². The largest absolute Gasteiger partial charge is 0.271 e. The van der Waals surface area contributed by atoms with Gasteiger partial charge in [-0.15, -0.1) is 0 Å². The lowest BCUT2D eigenvalue weighted by Crippen LogP contribution is -2.35. The Morgan fingerprint density at radius 2 is 1.93 bits per heavy atom. The zero-order valence-electron chi connectivity index (χ0n) is 8.87. The highest BCUT2D eigenvalue weighted by molar-refractivity contribution is 5.14. The molecule has 0 aromatic heterocycles. The topological polar surface area (TPSA) is 38.0 Å². The second-order valence-electron chi connectivity index (χ2n) is 3.68. The van der Waals surface area contributed by atoms with Crippen LogP contribution in [-0.2, 0) is 6.42 Å². The fourth-order valence-electron chi connectivity index (χ4n) is 1.65. The molecule has 0 saturated heterocycles. The zero-order valence-corrected chi connectivity index (χ0v) is 8.87. The predicted molar refractivity (Wildman–Crippen MR) is 60.8 cm³/mol. The number of benzene rings is 1. The molecule has 2 nitrogen and oxygen atoms in total. The molecule has 1 aromatic carbocycles. The van der Waals surface area contributed by atoms with E-state index in [1.54, 1.807) is 0 Å². The van der Waals surface area contributed by atoms with Crippen molar-refractivity contribution >= 4 is 0 Å². The monoisotopic (exact) mass is 192 g/mol. The smallest absolute Gasteiger partial charge is 0.0213 e. The van der Waals surface area contributed by atoms with Crippen molar-refractivity contribution in [1.82, 2.24) is 5.43 Å². The maximum absolute atomic E-state index is 5.47. The minimum absolute atomic E-state index is 0.459. The molecule has 0 saturated carbocycles. The van der Waals surface area contributed by atoms with Crippen LogP contribution in [0.5, 0.6) is 0 Å². The molecule has 0 amide bonds. The van der Waals surface area contributed by atoms with E-state index in [-0.39, 0.29) is 0 Å². The zero-order chi connectivity index (χ0) is 10.2. The molecule has 1 unspecified atom stereocenters. The van der Waals surface area contributed by atoms with Gasteiger partial charge in [-0.05, 0) is 24.8 Å². The SMILES string of the molecule is CCCC(CCc1ccccc1)NN. The Balaban J connectivity index is 2.32. The van der Waals surface area contributed by atoms with Crippen LogP contribution in [0, 0.1) is 0 Å². The summed E-state index contributed by atoms with van der Waals surface area (Å²) in [6, 6.07) is 11.0. The Kier molecular flexibility index (Phi) is 5.27. The molecule has 0 aliphatic rings. The minimum atomic E-state index is 0.459. The second kappa shape index (κ2) is 6.57. The van der Waals surface area contributed by atoms with E-state index in [2.05, 4.69) is 36.6 Å². The van der Waals surface area contributed by atoms with Gasteiger partial charge in [0.05, 0.1) is 0 Å². The Hall–Kier alpha value is -0.860. The van der Waals surface area contributed by atoms with Crippen molar-refractivity contribution in [2.45, 2.75) is 38.6 Å². The van der Waals surface area contributed by atoms with Gasteiger partial charge >= 0.3 is 0 Å². The van der Waals surface area contributed by atoms with Gasteiger partial charge < -0.3 is 0 Å². The second-order valence-corrected chi connectivity index (χ2v) is 3.68. The first-order valence-corrected chi connectivity index (χ1v) is 5.37. The maximum atomic E-state index is 5.47. The first-order valence-electron chi connectivity index (χ1n) is 5.37. The van der Waals surface area contributed by atoms with Gasteiger partial charge in [-0.3, -0.25) is 11.3 Å². The predicted octanol–water partition coefficient (Wildman–Crippen LogP) is 2.25.